The summed E-state index contributed by atoms with van der Waals surface area (Å²) in [5.41, 5.74) is -3.69. The number of fused-ring (bicyclic) bond motifs is 2. The largest absolute Gasteiger partial charge is 0.481 e. The number of aliphatic hydroxyl groups excluding tert-OH is 1. The molecule has 6 aliphatic carbocycles. The number of carboxylic acids is 2. The van der Waals surface area contributed by atoms with E-state index in [4.69, 9.17) is 4.74 Å². The van der Waals surface area contributed by atoms with Gasteiger partial charge in [-0.3, -0.25) is 14.4 Å². The molecule has 0 aromatic heterocycles. The van der Waals surface area contributed by atoms with Gasteiger partial charge in [0, 0.05) is 22.2 Å². The van der Waals surface area contributed by atoms with Gasteiger partial charge in [0.2, 0.25) is 0 Å². The summed E-state index contributed by atoms with van der Waals surface area (Å²) in [5.74, 6) is -4.68. The van der Waals surface area contributed by atoms with Crippen molar-refractivity contribution in [1.29, 1.82) is 0 Å². The molecule has 11 atom stereocenters. The Morgan fingerprint density at radius 3 is 2.28 bits per heavy atom. The van der Waals surface area contributed by atoms with Crippen molar-refractivity contribution < 1.29 is 34.4 Å². The van der Waals surface area contributed by atoms with Gasteiger partial charge in [-0.2, -0.15) is 0 Å². The van der Waals surface area contributed by atoms with Crippen molar-refractivity contribution in [2.75, 3.05) is 0 Å². The average molecular weight is 445 g/mol. The van der Waals surface area contributed by atoms with E-state index in [0.717, 1.165) is 0 Å². The molecule has 7 nitrogen and oxygen atoms in total. The third kappa shape index (κ3) is 1.79. The molecule has 3 spiro atoms. The highest BCUT2D eigenvalue weighted by Gasteiger charge is 2.93. The number of rotatable bonds is 3. The molecule has 5 fully saturated rings. The van der Waals surface area contributed by atoms with Gasteiger partial charge in [0.1, 0.15) is 11.4 Å². The van der Waals surface area contributed by atoms with Crippen LogP contribution in [0.1, 0.15) is 59.3 Å². The summed E-state index contributed by atoms with van der Waals surface area (Å²) in [5, 5.41) is 31.7. The van der Waals surface area contributed by atoms with Crippen LogP contribution in [0.4, 0.5) is 0 Å². The average Bonchev–Trinajstić information content (AvgIpc) is 3.31. The lowest BCUT2D eigenvalue weighted by molar-refractivity contribution is -0.252. The van der Waals surface area contributed by atoms with Gasteiger partial charge in [0.25, 0.3) is 0 Å². The molecular formula is C25H32O7. The van der Waals surface area contributed by atoms with Gasteiger partial charge in [-0.15, -0.1) is 0 Å². The number of ketones is 1. The Labute approximate surface area is 187 Å². The van der Waals surface area contributed by atoms with E-state index >= 15 is 0 Å². The van der Waals surface area contributed by atoms with Gasteiger partial charge in [-0.05, 0) is 56.8 Å². The first-order valence-electron chi connectivity index (χ1n) is 12.0. The van der Waals surface area contributed by atoms with E-state index in [-0.39, 0.29) is 30.1 Å². The van der Waals surface area contributed by atoms with Crippen LogP contribution in [0.15, 0.2) is 12.2 Å². The van der Waals surface area contributed by atoms with Crippen LogP contribution in [0.3, 0.4) is 0 Å². The maximum absolute atomic E-state index is 13.0. The van der Waals surface area contributed by atoms with E-state index in [1.807, 2.05) is 12.2 Å². The zero-order valence-electron chi connectivity index (χ0n) is 18.8. The van der Waals surface area contributed by atoms with Gasteiger partial charge in [-0.1, -0.05) is 26.0 Å². The minimum atomic E-state index is -1.15. The highest BCUT2D eigenvalue weighted by molar-refractivity contribution is 5.85. The van der Waals surface area contributed by atoms with Crippen LogP contribution in [0.2, 0.25) is 0 Å². The molecule has 1 saturated heterocycles. The van der Waals surface area contributed by atoms with Crippen molar-refractivity contribution in [2.45, 2.75) is 77.1 Å². The molecule has 0 radical (unpaired) electrons. The zero-order chi connectivity index (χ0) is 23.1. The molecule has 7 heteroatoms. The maximum Gasteiger partial charge on any atom is 0.308 e. The lowest BCUT2D eigenvalue weighted by atomic mass is 9.27. The van der Waals surface area contributed by atoms with Crippen LogP contribution < -0.4 is 0 Å². The molecule has 0 aromatic rings. The molecule has 3 N–H and O–H groups in total. The fourth-order valence-corrected chi connectivity index (χ4v) is 10.5. The second kappa shape index (κ2) is 5.66. The van der Waals surface area contributed by atoms with E-state index in [0.29, 0.717) is 32.1 Å². The van der Waals surface area contributed by atoms with E-state index < -0.39 is 57.1 Å². The number of allylic oxidation sites excluding steroid dienone is 1. The molecule has 2 bridgehead atoms. The Kier molecular flexibility index (Phi) is 3.69. The summed E-state index contributed by atoms with van der Waals surface area (Å²) in [6.07, 6.45) is 6.62. The first kappa shape index (κ1) is 20.8. The first-order valence-corrected chi connectivity index (χ1v) is 12.0. The Bertz CT molecular complexity index is 989. The summed E-state index contributed by atoms with van der Waals surface area (Å²) < 4.78 is 6.63. The number of hydrogen-bond donors (Lipinski definition) is 3. The van der Waals surface area contributed by atoms with Crippen LogP contribution in [0.5, 0.6) is 0 Å². The van der Waals surface area contributed by atoms with Gasteiger partial charge in [-0.25, -0.2) is 0 Å². The van der Waals surface area contributed by atoms with E-state index in [2.05, 4.69) is 13.8 Å². The minimum absolute atomic E-state index is 0.123. The Hall–Kier alpha value is -1.73. The van der Waals surface area contributed by atoms with Crippen LogP contribution in [0, 0.1) is 45.3 Å². The number of carbonyl (C=O) groups excluding carboxylic acids is 1. The minimum Gasteiger partial charge on any atom is -0.481 e. The molecule has 0 aromatic carbocycles. The summed E-state index contributed by atoms with van der Waals surface area (Å²) in [4.78, 5) is 38.4. The topological polar surface area (TPSA) is 124 Å². The quantitative estimate of drug-likeness (QED) is 0.451. The molecule has 1 heterocycles. The molecule has 7 rings (SSSR count). The Morgan fingerprint density at radius 1 is 0.969 bits per heavy atom. The van der Waals surface area contributed by atoms with E-state index in [1.165, 1.54) is 0 Å². The molecular weight excluding hydrogens is 412 g/mol. The summed E-state index contributed by atoms with van der Waals surface area (Å²) >= 11 is 0. The second-order valence-corrected chi connectivity index (χ2v) is 12.0. The van der Waals surface area contributed by atoms with Crippen molar-refractivity contribution >= 4 is 17.7 Å². The van der Waals surface area contributed by atoms with Crippen molar-refractivity contribution in [2.24, 2.45) is 45.3 Å². The van der Waals surface area contributed by atoms with Crippen molar-refractivity contribution in [3.05, 3.63) is 12.2 Å². The second-order valence-electron chi connectivity index (χ2n) is 12.0. The van der Waals surface area contributed by atoms with Crippen molar-refractivity contribution in [3.8, 4) is 0 Å². The standard InChI is InChI=1S/C25H32O7/c1-12(26)14-4-5-15-21(14,2)11-16-25(32-16)22(3)7-6-13(27)10-23(22)8-9-24(15,25)18(20(30)31)17(23)19(28)29/h8-9,13-18,27H,4-7,10-11H2,1-3H3,(H,28,29)(H,30,31)/t13-,14+,15+,16-,17-,18+,21+,22-,23-,24+,25-/m0/s1. The lowest BCUT2D eigenvalue weighted by Crippen LogP contribution is -2.78. The van der Waals surface area contributed by atoms with Crippen LogP contribution in [-0.2, 0) is 19.1 Å². The number of aliphatic carboxylic acids is 2. The third-order valence-electron chi connectivity index (χ3n) is 11.4. The fraction of sp³-hybridized carbons (Fsp3) is 0.800. The van der Waals surface area contributed by atoms with Crippen LogP contribution >= 0.6 is 0 Å². The summed E-state index contributed by atoms with van der Waals surface area (Å²) in [6, 6.07) is 0. The molecule has 174 valence electrons. The number of carbonyl (C=O) groups is 3. The molecule has 32 heavy (non-hydrogen) atoms. The monoisotopic (exact) mass is 444 g/mol. The Morgan fingerprint density at radius 2 is 1.66 bits per heavy atom. The lowest BCUT2D eigenvalue weighted by Gasteiger charge is -2.73. The number of carboxylic acid groups (broad SMARTS) is 2. The van der Waals surface area contributed by atoms with Gasteiger partial charge >= 0.3 is 11.9 Å². The normalized spacial score (nSPS) is 58.9. The van der Waals surface area contributed by atoms with Crippen molar-refractivity contribution in [3.63, 3.8) is 0 Å². The predicted molar refractivity (Wildman–Crippen MR) is 111 cm³/mol. The Balaban J connectivity index is 1.66. The maximum atomic E-state index is 13.0. The highest BCUT2D eigenvalue weighted by atomic mass is 16.6. The highest BCUT2D eigenvalue weighted by Crippen LogP contribution is 2.87. The van der Waals surface area contributed by atoms with Gasteiger partial charge < -0.3 is 20.1 Å². The summed E-state index contributed by atoms with van der Waals surface area (Å²) in [7, 11) is 0. The van der Waals surface area contributed by atoms with E-state index in [9.17, 15) is 29.7 Å². The SMILES string of the molecule is CC(=O)[C@H]1CC[C@@H]2[C@]1(C)C[C@@H]1O[C@@]13[C@]21C=C[C@]2(C[C@@H](O)CC[C@]32C)[C@H](C(=O)O)[C@@H]1C(=O)O. The van der Waals surface area contributed by atoms with Crippen molar-refractivity contribution in [1.82, 2.24) is 0 Å². The number of Topliss-reactive ketones (excluding diaryl/α,β-unsaturated/α-hetero) is 1. The van der Waals surface area contributed by atoms with Crippen LogP contribution in [0.25, 0.3) is 0 Å². The molecule has 0 unspecified atom stereocenters. The molecule has 4 saturated carbocycles. The zero-order valence-corrected chi connectivity index (χ0v) is 18.8. The molecule has 7 aliphatic rings. The van der Waals surface area contributed by atoms with Gasteiger partial charge in [0.05, 0.1) is 24.0 Å². The van der Waals surface area contributed by atoms with E-state index in [1.54, 1.807) is 6.92 Å². The summed E-state index contributed by atoms with van der Waals surface area (Å²) in [6.45, 7) is 5.81. The van der Waals surface area contributed by atoms with Gasteiger partial charge in [0.15, 0.2) is 0 Å². The molecule has 0 amide bonds. The number of ether oxygens (including phenoxy) is 1. The fourth-order valence-electron chi connectivity index (χ4n) is 10.5. The first-order chi connectivity index (χ1) is 14.9. The number of aliphatic hydroxyl groups is 1. The number of hydrogen-bond acceptors (Lipinski definition) is 5. The van der Waals surface area contributed by atoms with Crippen LogP contribution in [-0.4, -0.2) is 50.9 Å². The molecule has 1 aliphatic heterocycles. The third-order valence-corrected chi connectivity index (χ3v) is 11.4. The number of epoxide rings is 1. The smallest absolute Gasteiger partial charge is 0.308 e. The predicted octanol–water partition coefficient (Wildman–Crippen LogP) is 2.66.